The minimum Gasteiger partial charge on any atom is -0.497 e. The monoisotopic (exact) mass is 478 g/mol. The van der Waals surface area contributed by atoms with Crippen LogP contribution in [0.3, 0.4) is 0 Å². The van der Waals surface area contributed by atoms with Crippen LogP contribution in [0.15, 0.2) is 54.6 Å². The van der Waals surface area contributed by atoms with Crippen LogP contribution in [0, 0.1) is 0 Å². The first-order valence-electron chi connectivity index (χ1n) is 12.8. The second kappa shape index (κ2) is 12.7. The third-order valence-electron chi connectivity index (χ3n) is 7.06. The van der Waals surface area contributed by atoms with Gasteiger partial charge in [-0.1, -0.05) is 42.5 Å². The average Bonchev–Trinajstić information content (AvgIpc) is 3.14. The third kappa shape index (κ3) is 7.54. The first-order chi connectivity index (χ1) is 17.1. The van der Waals surface area contributed by atoms with Gasteiger partial charge in [0.1, 0.15) is 5.75 Å². The highest BCUT2D eigenvalue weighted by Gasteiger charge is 2.25. The van der Waals surface area contributed by atoms with Gasteiger partial charge in [-0.15, -0.1) is 0 Å². The van der Waals surface area contributed by atoms with E-state index in [2.05, 4.69) is 34.1 Å². The molecule has 0 saturated carbocycles. The summed E-state index contributed by atoms with van der Waals surface area (Å²) in [4.78, 5) is 34.3. The maximum Gasteiger partial charge on any atom is 0.236 e. The number of hydrogen-bond acceptors (Lipinski definition) is 5. The van der Waals surface area contributed by atoms with E-state index in [4.69, 9.17) is 4.74 Å². The lowest BCUT2D eigenvalue weighted by Crippen LogP contribution is -2.51. The predicted molar refractivity (Wildman–Crippen MR) is 137 cm³/mol. The number of nitrogens with zero attached hydrogens (tertiary/aromatic N) is 4. The van der Waals surface area contributed by atoms with E-state index < -0.39 is 0 Å². The van der Waals surface area contributed by atoms with E-state index in [0.717, 1.165) is 76.5 Å². The zero-order chi connectivity index (χ0) is 24.5. The summed E-state index contributed by atoms with van der Waals surface area (Å²) in [7, 11) is 1.65. The van der Waals surface area contributed by atoms with Gasteiger partial charge in [0.25, 0.3) is 0 Å². The van der Waals surface area contributed by atoms with Crippen molar-refractivity contribution in [1.29, 1.82) is 0 Å². The van der Waals surface area contributed by atoms with Gasteiger partial charge in [-0.3, -0.25) is 19.4 Å². The van der Waals surface area contributed by atoms with Crippen LogP contribution in [0.4, 0.5) is 0 Å². The Bertz CT molecular complexity index is 942. The minimum atomic E-state index is 0.198. The van der Waals surface area contributed by atoms with Gasteiger partial charge in [0.2, 0.25) is 11.8 Å². The Hall–Kier alpha value is -2.90. The molecule has 2 saturated heterocycles. The van der Waals surface area contributed by atoms with Crippen LogP contribution < -0.4 is 4.74 Å². The zero-order valence-electron chi connectivity index (χ0n) is 20.9. The number of carbonyl (C=O) groups excluding carboxylic acids is 2. The first kappa shape index (κ1) is 25.2. The van der Waals surface area contributed by atoms with Crippen molar-refractivity contribution >= 4 is 11.8 Å². The van der Waals surface area contributed by atoms with Crippen molar-refractivity contribution in [2.24, 2.45) is 0 Å². The summed E-state index contributed by atoms with van der Waals surface area (Å²) in [5.41, 5.74) is 2.46. The second-order valence-electron chi connectivity index (χ2n) is 9.50. The number of piperazine rings is 1. The van der Waals surface area contributed by atoms with Gasteiger partial charge in [0.15, 0.2) is 0 Å². The van der Waals surface area contributed by atoms with Crippen LogP contribution in [-0.4, -0.2) is 97.4 Å². The smallest absolute Gasteiger partial charge is 0.236 e. The molecule has 0 radical (unpaired) electrons. The van der Waals surface area contributed by atoms with Crippen LogP contribution in [0.25, 0.3) is 0 Å². The van der Waals surface area contributed by atoms with E-state index >= 15 is 0 Å². The number of benzene rings is 2. The molecule has 0 atom stereocenters. The van der Waals surface area contributed by atoms with Gasteiger partial charge in [0, 0.05) is 65.3 Å². The predicted octanol–water partition coefficient (Wildman–Crippen LogP) is 2.51. The third-order valence-corrected chi connectivity index (χ3v) is 7.06. The fraction of sp³-hybridized carbons (Fsp3) is 0.500. The summed E-state index contributed by atoms with van der Waals surface area (Å²) in [5.74, 6) is 1.24. The molecular formula is C28H38N4O3. The van der Waals surface area contributed by atoms with Gasteiger partial charge in [-0.25, -0.2) is 0 Å². The lowest BCUT2D eigenvalue weighted by atomic mass is 10.1. The Morgan fingerprint density at radius 1 is 0.714 bits per heavy atom. The van der Waals surface area contributed by atoms with Crippen LogP contribution in [-0.2, 0) is 22.6 Å². The molecule has 188 valence electrons. The number of amides is 2. The van der Waals surface area contributed by atoms with Crippen LogP contribution >= 0.6 is 0 Å². The summed E-state index contributed by atoms with van der Waals surface area (Å²) < 4.78 is 5.20. The molecule has 0 aromatic heterocycles. The second-order valence-corrected chi connectivity index (χ2v) is 9.50. The molecule has 0 unspecified atom stereocenters. The fourth-order valence-corrected chi connectivity index (χ4v) is 4.87. The lowest BCUT2D eigenvalue weighted by Gasteiger charge is -2.35. The molecule has 2 amide bonds. The summed E-state index contributed by atoms with van der Waals surface area (Å²) in [6.45, 7) is 7.88. The van der Waals surface area contributed by atoms with Crippen LogP contribution in [0.2, 0.25) is 0 Å². The summed E-state index contributed by atoms with van der Waals surface area (Å²) in [6.07, 6.45) is 2.16. The highest BCUT2D eigenvalue weighted by molar-refractivity contribution is 5.78. The van der Waals surface area contributed by atoms with Crippen molar-refractivity contribution in [2.75, 3.05) is 66.0 Å². The fourth-order valence-electron chi connectivity index (χ4n) is 4.87. The normalized spacial score (nSPS) is 17.7. The van der Waals surface area contributed by atoms with Gasteiger partial charge in [0.05, 0.1) is 13.7 Å². The van der Waals surface area contributed by atoms with E-state index in [1.807, 2.05) is 40.1 Å². The summed E-state index contributed by atoms with van der Waals surface area (Å²) >= 11 is 0. The Balaban J connectivity index is 1.16. The number of carbonyl (C=O) groups is 2. The quantitative estimate of drug-likeness (QED) is 0.584. The van der Waals surface area contributed by atoms with Crippen molar-refractivity contribution in [3.8, 4) is 5.75 Å². The number of methoxy groups -OCH3 is 1. The van der Waals surface area contributed by atoms with Crippen molar-refractivity contribution in [2.45, 2.75) is 25.8 Å². The standard InChI is InChI=1S/C28H38N4O3/c1-35-26-11-8-24(9-12-26)10-13-27(33)31-15-5-14-29(16-19-31)23-28(34)32-20-17-30(18-21-32)22-25-6-3-2-4-7-25/h2-4,6-9,11-12H,5,10,13-23H2,1H3. The lowest BCUT2D eigenvalue weighted by molar-refractivity contribution is -0.134. The van der Waals surface area contributed by atoms with Gasteiger partial charge < -0.3 is 14.5 Å². The SMILES string of the molecule is COc1ccc(CCC(=O)N2CCCN(CC(=O)N3CCN(Cc4ccccc4)CC3)CC2)cc1. The zero-order valence-corrected chi connectivity index (χ0v) is 20.9. The maximum atomic E-state index is 12.9. The van der Waals surface area contributed by atoms with Gasteiger partial charge in [-0.05, 0) is 36.1 Å². The summed E-state index contributed by atoms with van der Waals surface area (Å²) in [5, 5.41) is 0. The molecule has 35 heavy (non-hydrogen) atoms. The van der Waals surface area contributed by atoms with Crippen LogP contribution in [0.5, 0.6) is 5.75 Å². The molecular weight excluding hydrogens is 440 g/mol. The molecule has 0 aliphatic carbocycles. The van der Waals surface area contributed by atoms with Crippen molar-refractivity contribution in [1.82, 2.24) is 19.6 Å². The molecule has 2 aromatic rings. The van der Waals surface area contributed by atoms with E-state index in [-0.39, 0.29) is 11.8 Å². The molecule has 2 aromatic carbocycles. The molecule has 2 heterocycles. The average molecular weight is 479 g/mol. The van der Waals surface area contributed by atoms with Crippen molar-refractivity contribution in [3.05, 3.63) is 65.7 Å². The number of aryl methyl sites for hydroxylation is 1. The Morgan fingerprint density at radius 2 is 1.37 bits per heavy atom. The van der Waals surface area contributed by atoms with Gasteiger partial charge in [-0.2, -0.15) is 0 Å². The number of hydrogen-bond donors (Lipinski definition) is 0. The highest BCUT2D eigenvalue weighted by Crippen LogP contribution is 2.14. The van der Waals surface area contributed by atoms with Crippen LogP contribution in [0.1, 0.15) is 24.0 Å². The molecule has 0 bridgehead atoms. The van der Waals surface area contributed by atoms with E-state index in [1.165, 1.54) is 5.56 Å². The Labute approximate surface area is 209 Å². The molecule has 0 N–H and O–H groups in total. The topological polar surface area (TPSA) is 56.3 Å². The Morgan fingerprint density at radius 3 is 2.06 bits per heavy atom. The molecule has 7 nitrogen and oxygen atoms in total. The summed E-state index contributed by atoms with van der Waals surface area (Å²) in [6, 6.07) is 18.4. The Kier molecular flexibility index (Phi) is 9.15. The molecule has 2 aliphatic rings. The molecule has 2 aliphatic heterocycles. The maximum absolute atomic E-state index is 12.9. The van der Waals surface area contributed by atoms with E-state index in [1.54, 1.807) is 7.11 Å². The van der Waals surface area contributed by atoms with E-state index in [0.29, 0.717) is 19.5 Å². The number of ether oxygens (including phenoxy) is 1. The first-order valence-corrected chi connectivity index (χ1v) is 12.8. The molecule has 7 heteroatoms. The molecule has 2 fully saturated rings. The van der Waals surface area contributed by atoms with E-state index in [9.17, 15) is 9.59 Å². The minimum absolute atomic E-state index is 0.198. The number of rotatable bonds is 8. The molecule has 0 spiro atoms. The van der Waals surface area contributed by atoms with Crippen molar-refractivity contribution in [3.63, 3.8) is 0 Å². The largest absolute Gasteiger partial charge is 0.497 e. The van der Waals surface area contributed by atoms with Gasteiger partial charge >= 0.3 is 0 Å². The molecule has 4 rings (SSSR count). The van der Waals surface area contributed by atoms with Crippen molar-refractivity contribution < 1.29 is 14.3 Å². The highest BCUT2D eigenvalue weighted by atomic mass is 16.5.